The summed E-state index contributed by atoms with van der Waals surface area (Å²) < 4.78 is 0. The molecule has 0 unspecified atom stereocenters. The highest BCUT2D eigenvalue weighted by molar-refractivity contribution is 6.31. The first kappa shape index (κ1) is 14.9. The van der Waals surface area contributed by atoms with Crippen LogP contribution in [0, 0.1) is 0 Å². The van der Waals surface area contributed by atoms with Gasteiger partial charge in [0.25, 0.3) is 5.91 Å². The first-order chi connectivity index (χ1) is 9.99. The molecule has 0 radical (unpaired) electrons. The second-order valence-corrected chi connectivity index (χ2v) is 4.79. The summed E-state index contributed by atoms with van der Waals surface area (Å²) in [6.45, 7) is -0.479. The van der Waals surface area contributed by atoms with Crippen LogP contribution < -0.4 is 10.6 Å². The maximum Gasteiger partial charge on any atom is 0.323 e. The Morgan fingerprint density at radius 3 is 2.48 bits per heavy atom. The standard InChI is InChI=1S/C15H13ClN2O3/c16-10-4-3-5-11(8-10)18(9-14(19)20)15(21)12-6-1-2-7-13(12)17/h1-8H,9,17H2,(H,19,20). The number of carbonyl (C=O) groups excluding carboxylic acids is 1. The predicted molar refractivity (Wildman–Crippen MR) is 81.6 cm³/mol. The van der Waals surface area contributed by atoms with Crippen LogP contribution in [0.3, 0.4) is 0 Å². The molecular weight excluding hydrogens is 292 g/mol. The van der Waals surface area contributed by atoms with Crippen molar-refractivity contribution in [1.29, 1.82) is 0 Å². The molecule has 0 atom stereocenters. The van der Waals surface area contributed by atoms with Gasteiger partial charge in [0.1, 0.15) is 6.54 Å². The van der Waals surface area contributed by atoms with Crippen LogP contribution in [0.4, 0.5) is 11.4 Å². The van der Waals surface area contributed by atoms with Gasteiger partial charge in [-0.3, -0.25) is 14.5 Å². The molecule has 3 N–H and O–H groups in total. The lowest BCUT2D eigenvalue weighted by molar-refractivity contribution is -0.135. The Bertz CT molecular complexity index is 688. The zero-order valence-electron chi connectivity index (χ0n) is 11.0. The van der Waals surface area contributed by atoms with E-state index in [-0.39, 0.29) is 5.56 Å². The number of rotatable bonds is 4. The smallest absolute Gasteiger partial charge is 0.323 e. The predicted octanol–water partition coefficient (Wildman–Crippen LogP) is 2.65. The summed E-state index contributed by atoms with van der Waals surface area (Å²) >= 11 is 5.90. The second kappa shape index (κ2) is 6.28. The monoisotopic (exact) mass is 304 g/mol. The van der Waals surface area contributed by atoms with E-state index in [1.807, 2.05) is 0 Å². The maximum atomic E-state index is 12.6. The Morgan fingerprint density at radius 1 is 1.14 bits per heavy atom. The number of aliphatic carboxylic acids is 1. The number of halogens is 1. The molecule has 0 fully saturated rings. The van der Waals surface area contributed by atoms with Crippen LogP contribution in [0.2, 0.25) is 5.02 Å². The largest absolute Gasteiger partial charge is 0.480 e. The summed E-state index contributed by atoms with van der Waals surface area (Å²) in [6, 6.07) is 12.9. The number of hydrogen-bond acceptors (Lipinski definition) is 3. The summed E-state index contributed by atoms with van der Waals surface area (Å²) in [5.41, 5.74) is 6.72. The molecule has 108 valence electrons. The fraction of sp³-hybridized carbons (Fsp3) is 0.0667. The minimum atomic E-state index is -1.13. The van der Waals surface area contributed by atoms with Crippen molar-refractivity contribution in [1.82, 2.24) is 0 Å². The number of nitrogen functional groups attached to an aromatic ring is 1. The third-order valence-electron chi connectivity index (χ3n) is 2.85. The van der Waals surface area contributed by atoms with Crippen molar-refractivity contribution in [3.05, 3.63) is 59.1 Å². The topological polar surface area (TPSA) is 83.6 Å². The van der Waals surface area contributed by atoms with Crippen LogP contribution in [-0.2, 0) is 4.79 Å². The zero-order chi connectivity index (χ0) is 15.4. The van der Waals surface area contributed by atoms with E-state index >= 15 is 0 Å². The molecule has 1 amide bonds. The fourth-order valence-electron chi connectivity index (χ4n) is 1.90. The number of hydrogen-bond donors (Lipinski definition) is 2. The first-order valence-corrected chi connectivity index (χ1v) is 6.50. The number of benzene rings is 2. The molecule has 2 aromatic carbocycles. The average Bonchev–Trinajstić information content (AvgIpc) is 2.44. The van der Waals surface area contributed by atoms with Gasteiger partial charge in [0, 0.05) is 16.4 Å². The third-order valence-corrected chi connectivity index (χ3v) is 3.08. The summed E-state index contributed by atoms with van der Waals surface area (Å²) in [5, 5.41) is 9.44. The van der Waals surface area contributed by atoms with Crippen molar-refractivity contribution < 1.29 is 14.7 Å². The van der Waals surface area contributed by atoms with Crippen LogP contribution in [0.25, 0.3) is 0 Å². The molecule has 6 heteroatoms. The molecular formula is C15H13ClN2O3. The zero-order valence-corrected chi connectivity index (χ0v) is 11.7. The molecule has 0 heterocycles. The van der Waals surface area contributed by atoms with Gasteiger partial charge in [-0.15, -0.1) is 0 Å². The van der Waals surface area contributed by atoms with E-state index in [1.165, 1.54) is 6.07 Å². The van der Waals surface area contributed by atoms with Crippen molar-refractivity contribution in [2.24, 2.45) is 0 Å². The van der Waals surface area contributed by atoms with Gasteiger partial charge in [-0.1, -0.05) is 29.8 Å². The Morgan fingerprint density at radius 2 is 1.86 bits per heavy atom. The normalized spacial score (nSPS) is 10.1. The van der Waals surface area contributed by atoms with Gasteiger partial charge in [-0.25, -0.2) is 0 Å². The molecule has 21 heavy (non-hydrogen) atoms. The van der Waals surface area contributed by atoms with Crippen LogP contribution in [-0.4, -0.2) is 23.5 Å². The molecule has 0 aliphatic carbocycles. The van der Waals surface area contributed by atoms with Crippen LogP contribution in [0.15, 0.2) is 48.5 Å². The third kappa shape index (κ3) is 3.52. The fourth-order valence-corrected chi connectivity index (χ4v) is 2.08. The lowest BCUT2D eigenvalue weighted by atomic mass is 10.1. The number of para-hydroxylation sites is 1. The number of carboxylic acids is 1. The van der Waals surface area contributed by atoms with Crippen LogP contribution in [0.5, 0.6) is 0 Å². The number of carbonyl (C=O) groups is 2. The minimum absolute atomic E-state index is 0.249. The summed E-state index contributed by atoms with van der Waals surface area (Å²) in [5.74, 6) is -1.62. The van der Waals surface area contributed by atoms with E-state index in [4.69, 9.17) is 22.4 Å². The summed E-state index contributed by atoms with van der Waals surface area (Å²) in [4.78, 5) is 24.7. The Balaban J connectivity index is 2.43. The van der Waals surface area contributed by atoms with Crippen LogP contribution >= 0.6 is 11.6 Å². The molecule has 0 saturated carbocycles. The van der Waals surface area contributed by atoms with Crippen molar-refractivity contribution in [2.45, 2.75) is 0 Å². The molecule has 0 aliphatic heterocycles. The highest BCUT2D eigenvalue weighted by Crippen LogP contribution is 2.23. The quantitative estimate of drug-likeness (QED) is 0.851. The SMILES string of the molecule is Nc1ccccc1C(=O)N(CC(=O)O)c1cccc(Cl)c1. The summed E-state index contributed by atoms with van der Waals surface area (Å²) in [6.07, 6.45) is 0. The Kier molecular flexibility index (Phi) is 4.45. The average molecular weight is 305 g/mol. The molecule has 0 spiro atoms. The number of amides is 1. The van der Waals surface area contributed by atoms with E-state index < -0.39 is 18.4 Å². The van der Waals surface area contributed by atoms with E-state index in [0.717, 1.165) is 4.90 Å². The molecule has 0 bridgehead atoms. The van der Waals surface area contributed by atoms with Gasteiger partial charge in [-0.2, -0.15) is 0 Å². The number of nitrogens with zero attached hydrogens (tertiary/aromatic N) is 1. The lowest BCUT2D eigenvalue weighted by Crippen LogP contribution is -2.36. The van der Waals surface area contributed by atoms with Gasteiger partial charge in [0.05, 0.1) is 5.56 Å². The molecule has 2 rings (SSSR count). The van der Waals surface area contributed by atoms with Gasteiger partial charge in [0.15, 0.2) is 0 Å². The highest BCUT2D eigenvalue weighted by Gasteiger charge is 2.22. The Labute approximate surface area is 126 Å². The van der Waals surface area contributed by atoms with Crippen molar-refractivity contribution >= 4 is 34.9 Å². The van der Waals surface area contributed by atoms with E-state index in [1.54, 1.807) is 42.5 Å². The van der Waals surface area contributed by atoms with E-state index in [0.29, 0.717) is 16.4 Å². The van der Waals surface area contributed by atoms with Crippen molar-refractivity contribution in [3.8, 4) is 0 Å². The molecule has 0 saturated heterocycles. The molecule has 0 aliphatic rings. The second-order valence-electron chi connectivity index (χ2n) is 4.35. The van der Waals surface area contributed by atoms with Gasteiger partial charge in [0.2, 0.25) is 0 Å². The van der Waals surface area contributed by atoms with Crippen molar-refractivity contribution in [3.63, 3.8) is 0 Å². The maximum absolute atomic E-state index is 12.6. The molecule has 5 nitrogen and oxygen atoms in total. The lowest BCUT2D eigenvalue weighted by Gasteiger charge is -2.21. The molecule has 0 aromatic heterocycles. The number of carboxylic acid groups (broad SMARTS) is 1. The van der Waals surface area contributed by atoms with E-state index in [9.17, 15) is 9.59 Å². The van der Waals surface area contributed by atoms with Gasteiger partial charge in [-0.05, 0) is 30.3 Å². The van der Waals surface area contributed by atoms with Crippen LogP contribution in [0.1, 0.15) is 10.4 Å². The molecule has 2 aromatic rings. The number of nitrogens with two attached hydrogens (primary N) is 1. The first-order valence-electron chi connectivity index (χ1n) is 6.13. The van der Waals surface area contributed by atoms with Gasteiger partial charge < -0.3 is 10.8 Å². The number of anilines is 2. The summed E-state index contributed by atoms with van der Waals surface area (Å²) in [7, 11) is 0. The highest BCUT2D eigenvalue weighted by atomic mass is 35.5. The minimum Gasteiger partial charge on any atom is -0.480 e. The van der Waals surface area contributed by atoms with E-state index in [2.05, 4.69) is 0 Å². The van der Waals surface area contributed by atoms with Crippen molar-refractivity contribution in [2.75, 3.05) is 17.2 Å². The Hall–Kier alpha value is -2.53. The van der Waals surface area contributed by atoms with Gasteiger partial charge >= 0.3 is 5.97 Å².